The molecule has 0 radical (unpaired) electrons. The van der Waals surface area contributed by atoms with Crippen LogP contribution in [0.2, 0.25) is 5.02 Å². The number of fused-ring (bicyclic) bond motifs is 3. The van der Waals surface area contributed by atoms with Gasteiger partial charge in [0, 0.05) is 29.7 Å². The number of nitrogens with one attached hydrogen (secondary N) is 2. The van der Waals surface area contributed by atoms with Crippen molar-refractivity contribution in [3.05, 3.63) is 73.9 Å². The molecule has 2 aromatic carbocycles. The number of carbonyl (C=O) groups is 2. The number of amides is 2. The number of carbonyl (C=O) groups excluding carboxylic acids is 2. The van der Waals surface area contributed by atoms with Crippen LogP contribution < -0.4 is 21.9 Å². The van der Waals surface area contributed by atoms with Gasteiger partial charge < -0.3 is 10.6 Å². The van der Waals surface area contributed by atoms with E-state index >= 15 is 0 Å². The Morgan fingerprint density at radius 1 is 1.09 bits per heavy atom. The van der Waals surface area contributed by atoms with Gasteiger partial charge in [-0.2, -0.15) is 0 Å². The molecular formula is C24H25ClN6O4. The summed E-state index contributed by atoms with van der Waals surface area (Å²) in [4.78, 5) is 51.4. The first-order valence-corrected chi connectivity index (χ1v) is 11.5. The van der Waals surface area contributed by atoms with E-state index in [4.69, 9.17) is 11.6 Å². The van der Waals surface area contributed by atoms with E-state index < -0.39 is 17.2 Å². The molecule has 0 aliphatic rings. The number of aromatic nitrogens is 4. The Hall–Kier alpha value is -3.92. The maximum Gasteiger partial charge on any atom is 0.352 e. The van der Waals surface area contributed by atoms with Crippen LogP contribution in [0, 0.1) is 6.92 Å². The van der Waals surface area contributed by atoms with Crippen molar-refractivity contribution in [2.75, 3.05) is 5.32 Å². The summed E-state index contributed by atoms with van der Waals surface area (Å²) >= 11 is 6.11. The monoisotopic (exact) mass is 496 g/mol. The van der Waals surface area contributed by atoms with E-state index in [0.717, 1.165) is 10.2 Å². The predicted octanol–water partition coefficient (Wildman–Crippen LogP) is 2.33. The van der Waals surface area contributed by atoms with E-state index in [2.05, 4.69) is 15.7 Å². The molecule has 10 nitrogen and oxygen atoms in total. The van der Waals surface area contributed by atoms with Crippen LogP contribution in [0.1, 0.15) is 25.8 Å². The van der Waals surface area contributed by atoms with Crippen LogP contribution in [0.15, 0.2) is 52.1 Å². The Balaban J connectivity index is 1.77. The van der Waals surface area contributed by atoms with Crippen molar-refractivity contribution in [1.82, 2.24) is 24.1 Å². The number of hydrogen-bond acceptors (Lipinski definition) is 5. The highest BCUT2D eigenvalue weighted by atomic mass is 35.5. The van der Waals surface area contributed by atoms with Crippen LogP contribution in [0.4, 0.5) is 5.69 Å². The van der Waals surface area contributed by atoms with Crippen molar-refractivity contribution in [3.8, 4) is 0 Å². The third-order valence-corrected chi connectivity index (χ3v) is 5.58. The smallest absolute Gasteiger partial charge is 0.352 e. The molecule has 11 heteroatoms. The van der Waals surface area contributed by atoms with E-state index in [1.807, 2.05) is 39.0 Å². The Morgan fingerprint density at radius 3 is 2.57 bits per heavy atom. The summed E-state index contributed by atoms with van der Waals surface area (Å²) in [6.07, 6.45) is 0.00864. The lowest BCUT2D eigenvalue weighted by Crippen LogP contribution is -2.33. The summed E-state index contributed by atoms with van der Waals surface area (Å²) in [6.45, 7) is 5.22. The van der Waals surface area contributed by atoms with Crippen LogP contribution >= 0.6 is 11.6 Å². The lowest BCUT2D eigenvalue weighted by molar-refractivity contribution is -0.121. The molecule has 2 amide bonds. The number of rotatable bonds is 7. The average Bonchev–Trinajstić information content (AvgIpc) is 3.09. The van der Waals surface area contributed by atoms with Gasteiger partial charge in [0.15, 0.2) is 0 Å². The van der Waals surface area contributed by atoms with Gasteiger partial charge in [-0.25, -0.2) is 13.9 Å². The first kappa shape index (κ1) is 24.2. The predicted molar refractivity (Wildman–Crippen MR) is 134 cm³/mol. The minimum absolute atomic E-state index is 0.00468. The number of nitrogens with zero attached hydrogens (tertiary/aromatic N) is 4. The second-order valence-electron chi connectivity index (χ2n) is 8.58. The lowest BCUT2D eigenvalue weighted by Gasteiger charge is -2.11. The zero-order valence-corrected chi connectivity index (χ0v) is 20.3. The molecule has 0 aliphatic heterocycles. The zero-order chi connectivity index (χ0) is 25.3. The topological polar surface area (TPSA) is 120 Å². The summed E-state index contributed by atoms with van der Waals surface area (Å²) in [5, 5.41) is 10.3. The quantitative estimate of drug-likeness (QED) is 0.407. The zero-order valence-electron chi connectivity index (χ0n) is 19.5. The summed E-state index contributed by atoms with van der Waals surface area (Å²) in [7, 11) is 0. The van der Waals surface area contributed by atoms with Gasteiger partial charge in [-0.3, -0.25) is 19.0 Å². The van der Waals surface area contributed by atoms with Gasteiger partial charge in [0.05, 0.1) is 10.9 Å². The standard InChI is InChI=1S/C24H25ClN6O4/c1-14(2)26-20(32)9-10-29-22(34)18-12-16(25)7-8-19(18)31-23(29)28-30(24(31)35)13-21(33)27-17-6-4-5-15(3)11-17/h4-8,11-12,14H,9-10,13H2,1-3H3,(H,26,32)(H,27,33). The van der Waals surface area contributed by atoms with Gasteiger partial charge in [0.2, 0.25) is 17.6 Å². The van der Waals surface area contributed by atoms with E-state index in [9.17, 15) is 19.2 Å². The molecule has 4 aromatic rings. The Morgan fingerprint density at radius 2 is 1.86 bits per heavy atom. The van der Waals surface area contributed by atoms with Gasteiger partial charge in [-0.1, -0.05) is 23.7 Å². The molecule has 4 rings (SSSR count). The number of benzene rings is 2. The fourth-order valence-electron chi connectivity index (χ4n) is 3.86. The van der Waals surface area contributed by atoms with Crippen molar-refractivity contribution < 1.29 is 9.59 Å². The number of anilines is 1. The van der Waals surface area contributed by atoms with Gasteiger partial charge in [0.1, 0.15) is 6.54 Å². The highest BCUT2D eigenvalue weighted by Gasteiger charge is 2.20. The number of hydrogen-bond donors (Lipinski definition) is 2. The van der Waals surface area contributed by atoms with Crippen molar-refractivity contribution in [1.29, 1.82) is 0 Å². The first-order chi connectivity index (χ1) is 16.6. The molecule has 0 fully saturated rings. The molecule has 0 unspecified atom stereocenters. The normalized spacial score (nSPS) is 11.3. The molecule has 0 aliphatic carbocycles. The van der Waals surface area contributed by atoms with E-state index in [0.29, 0.717) is 16.2 Å². The molecule has 0 atom stereocenters. The van der Waals surface area contributed by atoms with E-state index in [1.165, 1.54) is 15.0 Å². The Labute approximate surface area is 205 Å². The Bertz CT molecular complexity index is 1570. The molecule has 2 N–H and O–H groups in total. The highest BCUT2D eigenvalue weighted by molar-refractivity contribution is 6.31. The third-order valence-electron chi connectivity index (χ3n) is 5.35. The largest absolute Gasteiger partial charge is 0.354 e. The molecule has 182 valence electrons. The van der Waals surface area contributed by atoms with Crippen LogP contribution in [-0.4, -0.2) is 36.6 Å². The fourth-order valence-corrected chi connectivity index (χ4v) is 4.04. The first-order valence-electron chi connectivity index (χ1n) is 11.1. The number of aryl methyl sites for hydroxylation is 2. The maximum atomic E-state index is 13.3. The highest BCUT2D eigenvalue weighted by Crippen LogP contribution is 2.17. The van der Waals surface area contributed by atoms with Gasteiger partial charge >= 0.3 is 5.69 Å². The van der Waals surface area contributed by atoms with Crippen molar-refractivity contribution in [2.24, 2.45) is 0 Å². The molecule has 0 spiro atoms. The summed E-state index contributed by atoms with van der Waals surface area (Å²) < 4.78 is 3.51. The summed E-state index contributed by atoms with van der Waals surface area (Å²) in [6, 6.07) is 11.8. The summed E-state index contributed by atoms with van der Waals surface area (Å²) in [5.74, 6) is -0.648. The van der Waals surface area contributed by atoms with Gasteiger partial charge in [-0.15, -0.1) is 5.10 Å². The molecular weight excluding hydrogens is 472 g/mol. The average molecular weight is 497 g/mol. The molecule has 35 heavy (non-hydrogen) atoms. The van der Waals surface area contributed by atoms with Crippen molar-refractivity contribution in [2.45, 2.75) is 46.3 Å². The molecule has 0 saturated heterocycles. The SMILES string of the molecule is Cc1cccc(NC(=O)Cn2nc3n(CCC(=O)NC(C)C)c(=O)c4cc(Cl)ccc4n3c2=O)c1. The van der Waals surface area contributed by atoms with E-state index in [1.54, 1.807) is 18.2 Å². The molecule has 2 aromatic heterocycles. The van der Waals surface area contributed by atoms with Crippen LogP contribution in [0.5, 0.6) is 0 Å². The minimum Gasteiger partial charge on any atom is -0.354 e. The maximum absolute atomic E-state index is 13.3. The Kier molecular flexibility index (Phi) is 6.74. The second kappa shape index (κ2) is 9.75. The lowest BCUT2D eigenvalue weighted by atomic mass is 10.2. The van der Waals surface area contributed by atoms with E-state index in [-0.39, 0.29) is 42.6 Å². The van der Waals surface area contributed by atoms with Crippen LogP contribution in [0.25, 0.3) is 16.7 Å². The van der Waals surface area contributed by atoms with Gasteiger partial charge in [0.25, 0.3) is 5.56 Å². The number of halogens is 1. The van der Waals surface area contributed by atoms with Crippen molar-refractivity contribution >= 4 is 45.8 Å². The third kappa shape index (κ3) is 5.12. The van der Waals surface area contributed by atoms with Crippen molar-refractivity contribution in [3.63, 3.8) is 0 Å². The molecule has 0 bridgehead atoms. The molecule has 2 heterocycles. The minimum atomic E-state index is -0.591. The van der Waals surface area contributed by atoms with Gasteiger partial charge in [-0.05, 0) is 56.7 Å². The van der Waals surface area contributed by atoms with Crippen LogP contribution in [-0.2, 0) is 22.7 Å². The van der Waals surface area contributed by atoms with Crippen LogP contribution in [0.3, 0.4) is 0 Å². The second-order valence-corrected chi connectivity index (χ2v) is 9.02. The fraction of sp³-hybridized carbons (Fsp3) is 0.292. The molecule has 0 saturated carbocycles. The summed E-state index contributed by atoms with van der Waals surface area (Å²) in [5.41, 5.74) is 0.858.